The van der Waals surface area contributed by atoms with Gasteiger partial charge in [0.05, 0.1) is 0 Å². The van der Waals surface area contributed by atoms with Crippen molar-refractivity contribution in [2.24, 2.45) is 0 Å². The van der Waals surface area contributed by atoms with E-state index in [4.69, 9.17) is 15.0 Å². The molecule has 0 aliphatic heterocycles. The summed E-state index contributed by atoms with van der Waals surface area (Å²) >= 11 is 0. The monoisotopic (exact) mass is 1270 g/mol. The van der Waals surface area contributed by atoms with Gasteiger partial charge in [-0.1, -0.05) is 180 Å². The van der Waals surface area contributed by atoms with Crippen LogP contribution in [0.3, 0.4) is 0 Å². The summed E-state index contributed by atoms with van der Waals surface area (Å²) in [7, 11) is 0. The molecule has 13 rings (SSSR count). The van der Waals surface area contributed by atoms with Gasteiger partial charge in [-0.3, -0.25) is 0 Å². The molecule has 0 saturated carbocycles. The van der Waals surface area contributed by atoms with Gasteiger partial charge in [0.1, 0.15) is 0 Å². The van der Waals surface area contributed by atoms with Crippen molar-refractivity contribution >= 4 is 0 Å². The van der Waals surface area contributed by atoms with E-state index in [0.29, 0.717) is 0 Å². The normalized spacial score (nSPS) is 11.1. The van der Waals surface area contributed by atoms with Crippen LogP contribution in [-0.2, 0) is 20.1 Å². The van der Waals surface area contributed by atoms with E-state index in [2.05, 4.69) is 278 Å². The van der Waals surface area contributed by atoms with E-state index in [1.54, 1.807) is 0 Å². The Morgan fingerprint density at radius 2 is 0.506 bits per heavy atom. The molecule has 3 aromatic heterocycles. The molecule has 0 radical (unpaired) electrons. The van der Waals surface area contributed by atoms with Crippen LogP contribution in [0, 0.1) is 59.7 Å². The third-order valence-electron chi connectivity index (χ3n) is 16.2. The van der Waals surface area contributed by atoms with Gasteiger partial charge >= 0.3 is 20.1 Å². The maximum absolute atomic E-state index is 5.11. The summed E-state index contributed by atoms with van der Waals surface area (Å²) in [5.74, 6) is 0. The van der Waals surface area contributed by atoms with Crippen LogP contribution in [0.4, 0.5) is 0 Å². The first-order chi connectivity index (χ1) is 41.1. The van der Waals surface area contributed by atoms with Crippen LogP contribution in [0.15, 0.2) is 255 Å². The van der Waals surface area contributed by atoms with Crippen molar-refractivity contribution in [3.63, 3.8) is 0 Å². The standard InChI is InChI=1S/C81H60N3.Ir/c1-52-28-31-55(4)76(40-52)58-16-13-19-61(43-58)79-37-34-64(49-82-79)70-22-7-10-25-73(70)67-46-68(74-26-11-8-23-71(74)65-35-38-80(83-50-65)62-20-14-17-59(44-62)77-41-53(2)29-32-56(77)5)48-69(47-67)75-27-12-9-24-72(75)66-36-39-81(84-51-66)63-21-15-18-60(45-63)78-42-54(3)30-33-57(78)6;/h7-18,22-51H,1-6H3;/q-3;+3. The maximum atomic E-state index is 5.11. The minimum absolute atomic E-state index is 0. The molecule has 3 heterocycles. The summed E-state index contributed by atoms with van der Waals surface area (Å²) < 4.78 is 0. The number of hydrogen-bond acceptors (Lipinski definition) is 3. The molecule has 10 aromatic carbocycles. The summed E-state index contributed by atoms with van der Waals surface area (Å²) in [4.78, 5) is 15.3. The van der Waals surface area contributed by atoms with E-state index in [1.807, 2.05) is 36.8 Å². The number of pyridine rings is 3. The summed E-state index contributed by atoms with van der Waals surface area (Å²) in [6.07, 6.45) is 6.01. The quantitative estimate of drug-likeness (QED) is 0.114. The first-order valence-electron chi connectivity index (χ1n) is 28.7. The van der Waals surface area contributed by atoms with Gasteiger partial charge in [-0.15, -0.1) is 106 Å². The van der Waals surface area contributed by atoms with Gasteiger partial charge in [-0.05, 0) is 177 Å². The molecule has 0 spiro atoms. The average molecular weight is 1270 g/mol. The van der Waals surface area contributed by atoms with Crippen LogP contribution >= 0.6 is 0 Å². The van der Waals surface area contributed by atoms with Crippen LogP contribution < -0.4 is 0 Å². The minimum Gasteiger partial charge on any atom is -0.304 e. The molecule has 0 aliphatic rings. The summed E-state index contributed by atoms with van der Waals surface area (Å²) in [6.45, 7) is 12.9. The fourth-order valence-electron chi connectivity index (χ4n) is 11.7. The number of benzene rings is 10. The Hall–Kier alpha value is -9.70. The van der Waals surface area contributed by atoms with Crippen molar-refractivity contribution in [3.05, 3.63) is 307 Å². The smallest absolute Gasteiger partial charge is 0.304 e. The van der Waals surface area contributed by atoms with E-state index in [-0.39, 0.29) is 20.1 Å². The van der Waals surface area contributed by atoms with Crippen molar-refractivity contribution in [2.75, 3.05) is 0 Å². The molecular formula is C81H60IrN3. The molecule has 0 saturated heterocycles. The predicted octanol–water partition coefficient (Wildman–Crippen LogP) is 21.1. The maximum Gasteiger partial charge on any atom is 3.00 e. The summed E-state index contributed by atoms with van der Waals surface area (Å²) in [5, 5.41) is 0. The summed E-state index contributed by atoms with van der Waals surface area (Å²) in [6, 6.07) is 95.3. The van der Waals surface area contributed by atoms with E-state index >= 15 is 0 Å². The van der Waals surface area contributed by atoms with E-state index < -0.39 is 0 Å². The second-order valence-corrected chi connectivity index (χ2v) is 22.2. The molecule has 408 valence electrons. The van der Waals surface area contributed by atoms with Crippen molar-refractivity contribution < 1.29 is 20.1 Å². The van der Waals surface area contributed by atoms with Crippen LogP contribution in [0.25, 0.3) is 134 Å². The second kappa shape index (κ2) is 24.3. The van der Waals surface area contributed by atoms with Crippen molar-refractivity contribution in [1.29, 1.82) is 0 Å². The zero-order valence-corrected chi connectivity index (χ0v) is 50.8. The minimum atomic E-state index is 0. The Morgan fingerprint density at radius 1 is 0.235 bits per heavy atom. The molecule has 0 bridgehead atoms. The molecule has 0 unspecified atom stereocenters. The van der Waals surface area contributed by atoms with Crippen LogP contribution in [0.1, 0.15) is 33.4 Å². The van der Waals surface area contributed by atoms with E-state index in [0.717, 1.165) is 117 Å². The molecule has 13 aromatic rings. The number of aromatic nitrogens is 3. The van der Waals surface area contributed by atoms with E-state index in [9.17, 15) is 0 Å². The number of hydrogen-bond donors (Lipinski definition) is 0. The second-order valence-electron chi connectivity index (χ2n) is 22.2. The Balaban J connectivity index is 0.00000709. The number of aryl methyl sites for hydroxylation is 6. The van der Waals surface area contributed by atoms with Gasteiger partial charge in [0.25, 0.3) is 0 Å². The van der Waals surface area contributed by atoms with Gasteiger partial charge in [0.15, 0.2) is 0 Å². The van der Waals surface area contributed by atoms with Gasteiger partial charge in [0.2, 0.25) is 0 Å². The zero-order valence-electron chi connectivity index (χ0n) is 48.4. The van der Waals surface area contributed by atoms with Crippen LogP contribution in [-0.4, -0.2) is 15.0 Å². The molecule has 0 N–H and O–H groups in total. The first-order valence-corrected chi connectivity index (χ1v) is 28.7. The predicted molar refractivity (Wildman–Crippen MR) is 350 cm³/mol. The molecule has 0 amide bonds. The van der Waals surface area contributed by atoms with Gasteiger partial charge in [0, 0.05) is 18.6 Å². The largest absolute Gasteiger partial charge is 3.00 e. The fourth-order valence-corrected chi connectivity index (χ4v) is 11.7. The van der Waals surface area contributed by atoms with Crippen LogP contribution in [0.5, 0.6) is 0 Å². The van der Waals surface area contributed by atoms with Crippen molar-refractivity contribution in [3.8, 4) is 134 Å². The fraction of sp³-hybridized carbons (Fsp3) is 0.0741. The molecule has 3 nitrogen and oxygen atoms in total. The molecular weight excluding hydrogens is 1210 g/mol. The number of rotatable bonds is 12. The van der Waals surface area contributed by atoms with Crippen molar-refractivity contribution in [2.45, 2.75) is 41.5 Å². The van der Waals surface area contributed by atoms with Crippen LogP contribution in [0.2, 0.25) is 0 Å². The SMILES string of the molecule is Cc1ccc(C)c(-c2cc[c-]c(-c3ccc(-c4ccccc4-c4cc(-c5ccccc5-c5ccc(-c6[c-]ccc(-c7cc(C)ccc7C)c6)nc5)cc(-c5ccccc5-c5ccc(-c6[c-]ccc(-c7cc(C)ccc7C)c6)nc5)c4)cn3)c2)c1.[Ir+3]. The third-order valence-corrected chi connectivity index (χ3v) is 16.2. The third kappa shape index (κ3) is 11.7. The molecule has 0 atom stereocenters. The van der Waals surface area contributed by atoms with Gasteiger partial charge in [-0.25, -0.2) is 0 Å². The van der Waals surface area contributed by atoms with E-state index in [1.165, 1.54) is 50.1 Å². The Kier molecular flexibility index (Phi) is 15.9. The molecule has 0 fully saturated rings. The molecule has 4 heteroatoms. The molecule has 85 heavy (non-hydrogen) atoms. The summed E-state index contributed by atoms with van der Waals surface area (Å²) in [5.41, 5.74) is 33.0. The number of nitrogens with zero attached hydrogens (tertiary/aromatic N) is 3. The Bertz CT molecular complexity index is 4120. The average Bonchev–Trinajstić information content (AvgIpc) is 3.68. The topological polar surface area (TPSA) is 38.7 Å². The molecule has 0 aliphatic carbocycles. The Morgan fingerprint density at radius 3 is 0.765 bits per heavy atom. The van der Waals surface area contributed by atoms with Gasteiger partial charge in [-0.2, -0.15) is 0 Å². The van der Waals surface area contributed by atoms with Crippen molar-refractivity contribution in [1.82, 2.24) is 15.0 Å². The Labute approximate surface area is 513 Å². The zero-order chi connectivity index (χ0) is 57.3. The first kappa shape index (κ1) is 55.8. The van der Waals surface area contributed by atoms with Gasteiger partial charge < -0.3 is 15.0 Å².